The molecule has 6 nitrogen and oxygen atoms in total. The summed E-state index contributed by atoms with van der Waals surface area (Å²) >= 11 is 0. The summed E-state index contributed by atoms with van der Waals surface area (Å²) in [4.78, 5) is 31.8. The molecule has 1 aliphatic carbocycles. The van der Waals surface area contributed by atoms with Gasteiger partial charge in [0, 0.05) is 56.7 Å². The number of ketones is 1. The third-order valence-corrected chi connectivity index (χ3v) is 7.55. The van der Waals surface area contributed by atoms with Crippen LogP contribution in [0.4, 0.5) is 13.2 Å². The number of hydrogen-bond donors (Lipinski definition) is 0. The number of hydrogen-bond acceptors (Lipinski definition) is 5. The molecule has 40 heavy (non-hydrogen) atoms. The Kier molecular flexibility index (Phi) is 8.67. The largest absolute Gasteiger partial charge is 0.490 e. The molecule has 2 aliphatic rings. The van der Waals surface area contributed by atoms with Gasteiger partial charge < -0.3 is 14.4 Å². The first kappa shape index (κ1) is 27.7. The molecule has 1 aliphatic heterocycles. The van der Waals surface area contributed by atoms with Crippen molar-refractivity contribution in [1.29, 1.82) is 0 Å². The van der Waals surface area contributed by atoms with Crippen molar-refractivity contribution in [3.05, 3.63) is 89.5 Å². The molecule has 1 saturated heterocycles. The van der Waals surface area contributed by atoms with Gasteiger partial charge >= 0.3 is 0 Å². The number of Topliss-reactive ketones (excluding diaryl/α,β-unsaturated/α-hetero) is 1. The number of amides is 1. The summed E-state index contributed by atoms with van der Waals surface area (Å²) in [5.74, 6) is -0.906. The molecule has 2 fully saturated rings. The van der Waals surface area contributed by atoms with E-state index < -0.39 is 11.6 Å². The molecule has 9 heteroatoms. The van der Waals surface area contributed by atoms with Crippen molar-refractivity contribution in [3.63, 3.8) is 0 Å². The molecule has 0 radical (unpaired) electrons. The molecule has 210 valence electrons. The number of benzene rings is 2. The molecule has 3 aromatic rings. The van der Waals surface area contributed by atoms with E-state index in [4.69, 9.17) is 9.47 Å². The highest BCUT2D eigenvalue weighted by molar-refractivity contribution is 5.97. The minimum absolute atomic E-state index is 0.0430. The lowest BCUT2D eigenvalue weighted by atomic mass is 9.84. The minimum atomic E-state index is -0.674. The van der Waals surface area contributed by atoms with E-state index in [0.717, 1.165) is 18.9 Å². The van der Waals surface area contributed by atoms with Crippen LogP contribution in [0.15, 0.2) is 60.8 Å². The molecule has 0 atom stereocenters. The van der Waals surface area contributed by atoms with E-state index in [1.165, 1.54) is 30.5 Å². The topological polar surface area (TPSA) is 68.7 Å². The summed E-state index contributed by atoms with van der Waals surface area (Å²) in [6.45, 7) is 1.07. The Bertz CT molecular complexity index is 1300. The van der Waals surface area contributed by atoms with Gasteiger partial charge in [0.05, 0.1) is 11.7 Å². The number of likely N-dealkylation sites (tertiary alicyclic amines) is 1. The molecular formula is C31H31F3N2O4. The highest BCUT2D eigenvalue weighted by atomic mass is 19.1. The van der Waals surface area contributed by atoms with Crippen LogP contribution in [0.1, 0.15) is 65.8 Å². The van der Waals surface area contributed by atoms with Crippen LogP contribution in [0.25, 0.3) is 0 Å². The van der Waals surface area contributed by atoms with Crippen molar-refractivity contribution in [3.8, 4) is 11.5 Å². The van der Waals surface area contributed by atoms with E-state index in [2.05, 4.69) is 4.98 Å². The highest BCUT2D eigenvalue weighted by Gasteiger charge is 2.27. The first-order chi connectivity index (χ1) is 19.3. The zero-order valence-corrected chi connectivity index (χ0v) is 22.0. The Morgan fingerprint density at radius 3 is 2.00 bits per heavy atom. The van der Waals surface area contributed by atoms with Crippen LogP contribution >= 0.6 is 0 Å². The number of ether oxygens (including phenoxy) is 2. The highest BCUT2D eigenvalue weighted by Crippen LogP contribution is 2.31. The van der Waals surface area contributed by atoms with Crippen LogP contribution in [0, 0.1) is 23.4 Å². The lowest BCUT2D eigenvalue weighted by molar-refractivity contribution is 0.0594. The molecule has 0 spiro atoms. The molecule has 5 rings (SSSR count). The van der Waals surface area contributed by atoms with Crippen LogP contribution < -0.4 is 9.47 Å². The lowest BCUT2D eigenvalue weighted by Gasteiger charge is -2.32. The van der Waals surface area contributed by atoms with Crippen LogP contribution in [-0.2, 0) is 0 Å². The standard InChI is InChI=1S/C31H31F3N2O4/c32-22-4-8-26(9-5-22)39-27-11-13-36(14-12-27)31(38)21-3-10-29(35-19-21)30(37)15-20-1-6-25(7-2-20)40-28-17-23(33)16-24(34)18-28/h3-5,8-10,16-20,25,27H,1-2,6-7,11-15H2. The number of piperidine rings is 1. The third-order valence-electron chi connectivity index (χ3n) is 7.55. The maximum Gasteiger partial charge on any atom is 0.255 e. The van der Waals surface area contributed by atoms with Gasteiger partial charge in [0.1, 0.15) is 40.7 Å². The summed E-state index contributed by atoms with van der Waals surface area (Å²) < 4.78 is 51.5. The zero-order chi connectivity index (χ0) is 28.1. The van der Waals surface area contributed by atoms with Crippen LogP contribution in [-0.4, -0.2) is 46.9 Å². The Morgan fingerprint density at radius 2 is 1.38 bits per heavy atom. The summed E-state index contributed by atoms with van der Waals surface area (Å²) in [7, 11) is 0. The quantitative estimate of drug-likeness (QED) is 0.303. The maximum atomic E-state index is 13.4. The van der Waals surface area contributed by atoms with Crippen molar-refractivity contribution in [2.24, 2.45) is 5.92 Å². The average molecular weight is 553 g/mol. The number of nitrogens with zero attached hydrogens (tertiary/aromatic N) is 2. The van der Waals surface area contributed by atoms with Gasteiger partial charge in [-0.25, -0.2) is 13.2 Å². The summed E-state index contributed by atoms with van der Waals surface area (Å²) in [5.41, 5.74) is 0.762. The average Bonchev–Trinajstić information content (AvgIpc) is 2.95. The number of carbonyl (C=O) groups is 2. The second-order valence-corrected chi connectivity index (χ2v) is 10.5. The van der Waals surface area contributed by atoms with Gasteiger partial charge in [-0.3, -0.25) is 14.6 Å². The fraction of sp³-hybridized carbons (Fsp3) is 0.387. The Balaban J connectivity index is 1.06. The second kappa shape index (κ2) is 12.5. The first-order valence-corrected chi connectivity index (χ1v) is 13.7. The van der Waals surface area contributed by atoms with E-state index in [0.29, 0.717) is 62.2 Å². The summed E-state index contributed by atoms with van der Waals surface area (Å²) in [5, 5.41) is 0. The second-order valence-electron chi connectivity index (χ2n) is 10.5. The van der Waals surface area contributed by atoms with Crippen LogP contribution in [0.2, 0.25) is 0 Å². The molecule has 2 heterocycles. The van der Waals surface area contributed by atoms with Crippen LogP contribution in [0.5, 0.6) is 11.5 Å². The number of carbonyl (C=O) groups excluding carboxylic acids is 2. The summed E-state index contributed by atoms with van der Waals surface area (Å²) in [6, 6.07) is 12.3. The van der Waals surface area contributed by atoms with Crippen molar-refractivity contribution in [2.45, 2.75) is 57.2 Å². The molecule has 1 aromatic heterocycles. The number of halogens is 3. The van der Waals surface area contributed by atoms with Gasteiger partial charge in [-0.05, 0) is 68.0 Å². The molecule has 1 saturated carbocycles. The lowest BCUT2D eigenvalue weighted by Crippen LogP contribution is -2.41. The maximum absolute atomic E-state index is 13.4. The smallest absolute Gasteiger partial charge is 0.255 e. The molecule has 1 amide bonds. The van der Waals surface area contributed by atoms with Crippen molar-refractivity contribution in [2.75, 3.05) is 13.1 Å². The predicted molar refractivity (Wildman–Crippen MR) is 142 cm³/mol. The van der Waals surface area contributed by atoms with Gasteiger partial charge in [0.15, 0.2) is 5.78 Å². The first-order valence-electron chi connectivity index (χ1n) is 13.7. The van der Waals surface area contributed by atoms with E-state index in [9.17, 15) is 22.8 Å². The van der Waals surface area contributed by atoms with Crippen molar-refractivity contribution < 1.29 is 32.2 Å². The predicted octanol–water partition coefficient (Wildman–Crippen LogP) is 6.39. The van der Waals surface area contributed by atoms with Gasteiger partial charge in [-0.2, -0.15) is 0 Å². The zero-order valence-electron chi connectivity index (χ0n) is 22.0. The van der Waals surface area contributed by atoms with Gasteiger partial charge in [0.25, 0.3) is 5.91 Å². The van der Waals surface area contributed by atoms with E-state index in [1.54, 1.807) is 29.2 Å². The SMILES string of the molecule is O=C(CC1CCC(Oc2cc(F)cc(F)c2)CC1)c1ccc(C(=O)N2CCC(Oc3ccc(F)cc3)CC2)cn1. The third kappa shape index (κ3) is 7.20. The van der Waals surface area contributed by atoms with Crippen molar-refractivity contribution >= 4 is 11.7 Å². The number of aromatic nitrogens is 1. The molecule has 0 bridgehead atoms. The minimum Gasteiger partial charge on any atom is -0.490 e. The molecule has 2 aromatic carbocycles. The Hall–Kier alpha value is -3.88. The fourth-order valence-electron chi connectivity index (χ4n) is 5.36. The van der Waals surface area contributed by atoms with Gasteiger partial charge in [-0.15, -0.1) is 0 Å². The monoisotopic (exact) mass is 552 g/mol. The van der Waals surface area contributed by atoms with Gasteiger partial charge in [-0.1, -0.05) is 0 Å². The number of rotatable bonds is 8. The van der Waals surface area contributed by atoms with Gasteiger partial charge in [0.2, 0.25) is 0 Å². The molecule has 0 unspecified atom stereocenters. The Labute approximate surface area is 231 Å². The molecular weight excluding hydrogens is 521 g/mol. The normalized spacial score (nSPS) is 19.7. The Morgan fingerprint density at radius 1 is 0.750 bits per heavy atom. The van der Waals surface area contributed by atoms with E-state index >= 15 is 0 Å². The number of pyridine rings is 1. The van der Waals surface area contributed by atoms with E-state index in [1.807, 2.05) is 0 Å². The summed E-state index contributed by atoms with van der Waals surface area (Å²) in [6.07, 6.45) is 5.89. The van der Waals surface area contributed by atoms with E-state index in [-0.39, 0.29) is 41.4 Å². The fourth-order valence-corrected chi connectivity index (χ4v) is 5.36. The van der Waals surface area contributed by atoms with Crippen molar-refractivity contribution in [1.82, 2.24) is 9.88 Å². The van der Waals surface area contributed by atoms with Crippen LogP contribution in [0.3, 0.4) is 0 Å². The molecule has 0 N–H and O–H groups in total.